The van der Waals surface area contributed by atoms with Gasteiger partial charge in [-0.05, 0) is 35.7 Å². The molecule has 1 heterocycles. The molecule has 0 radical (unpaired) electrons. The van der Waals surface area contributed by atoms with Crippen molar-refractivity contribution >= 4 is 11.8 Å². The molecule has 0 saturated carbocycles. The van der Waals surface area contributed by atoms with Crippen LogP contribution < -0.4 is 5.32 Å². The Hall–Kier alpha value is -3.54. The number of likely N-dealkylation sites (tertiary alicyclic amines) is 1. The summed E-state index contributed by atoms with van der Waals surface area (Å²) < 4.78 is 26.4. The van der Waals surface area contributed by atoms with Crippen LogP contribution in [0.4, 0.5) is 8.78 Å². The molecule has 1 saturated heterocycles. The van der Waals surface area contributed by atoms with Gasteiger partial charge in [0.15, 0.2) is 11.6 Å². The molecule has 0 spiro atoms. The van der Waals surface area contributed by atoms with Crippen LogP contribution in [0.5, 0.6) is 0 Å². The van der Waals surface area contributed by atoms with Crippen LogP contribution in [0, 0.1) is 17.6 Å². The summed E-state index contributed by atoms with van der Waals surface area (Å²) in [5.41, 5.74) is 2.47. The lowest BCUT2D eigenvalue weighted by molar-refractivity contribution is -0.128. The smallest absolute Gasteiger partial charge is 0.254 e. The van der Waals surface area contributed by atoms with Crippen LogP contribution in [0.2, 0.25) is 0 Å². The van der Waals surface area contributed by atoms with E-state index in [0.717, 1.165) is 18.6 Å². The molecule has 6 heteroatoms. The summed E-state index contributed by atoms with van der Waals surface area (Å²) in [7, 11) is 0. The van der Waals surface area contributed by atoms with Crippen molar-refractivity contribution in [1.29, 1.82) is 0 Å². The number of hydrogen-bond donors (Lipinski definition) is 1. The van der Waals surface area contributed by atoms with Crippen LogP contribution in [-0.4, -0.2) is 36.3 Å². The van der Waals surface area contributed by atoms with Gasteiger partial charge in [-0.1, -0.05) is 60.7 Å². The summed E-state index contributed by atoms with van der Waals surface area (Å²) in [6.07, 6.45) is 0.754. The maximum absolute atomic E-state index is 13.4. The minimum Gasteiger partial charge on any atom is -0.356 e. The normalized spacial score (nSPS) is 13.7. The summed E-state index contributed by atoms with van der Waals surface area (Å²) in [6, 6.07) is 23.4. The number of rotatable bonds is 7. The van der Waals surface area contributed by atoms with Gasteiger partial charge in [0.05, 0.1) is 5.92 Å². The fourth-order valence-corrected chi connectivity index (χ4v) is 4.00. The summed E-state index contributed by atoms with van der Waals surface area (Å²) >= 11 is 0. The van der Waals surface area contributed by atoms with Gasteiger partial charge in [0.2, 0.25) is 5.91 Å². The van der Waals surface area contributed by atoms with Crippen LogP contribution in [0.1, 0.15) is 33.8 Å². The summed E-state index contributed by atoms with van der Waals surface area (Å²) in [5.74, 6) is -2.68. The molecule has 0 atom stereocenters. The molecule has 4 rings (SSSR count). The number of nitrogens with one attached hydrogen (secondary N) is 1. The van der Waals surface area contributed by atoms with Gasteiger partial charge in [-0.2, -0.15) is 0 Å². The molecule has 3 aromatic rings. The zero-order chi connectivity index (χ0) is 22.5. The van der Waals surface area contributed by atoms with Crippen molar-refractivity contribution < 1.29 is 18.4 Å². The molecule has 3 aromatic carbocycles. The quantitative estimate of drug-likeness (QED) is 0.600. The molecular weight excluding hydrogens is 410 g/mol. The molecule has 4 nitrogen and oxygen atoms in total. The van der Waals surface area contributed by atoms with Crippen molar-refractivity contribution in [1.82, 2.24) is 10.2 Å². The van der Waals surface area contributed by atoms with Crippen molar-refractivity contribution in [2.75, 3.05) is 19.6 Å². The molecule has 1 aliphatic rings. The SMILES string of the molecule is O=C(NCCC(c1ccccc1)c1ccccc1)C1CN(C(=O)c2ccc(F)c(F)c2)C1. The van der Waals surface area contributed by atoms with Gasteiger partial charge in [0.1, 0.15) is 0 Å². The van der Waals surface area contributed by atoms with E-state index in [2.05, 4.69) is 29.6 Å². The Kier molecular flexibility index (Phi) is 6.59. The van der Waals surface area contributed by atoms with Gasteiger partial charge in [-0.3, -0.25) is 9.59 Å². The number of nitrogens with zero attached hydrogens (tertiary/aromatic N) is 1. The second-order valence-corrected chi connectivity index (χ2v) is 7.99. The molecule has 164 valence electrons. The van der Waals surface area contributed by atoms with Crippen molar-refractivity contribution in [2.45, 2.75) is 12.3 Å². The third kappa shape index (κ3) is 4.85. The van der Waals surface area contributed by atoms with Crippen LogP contribution >= 0.6 is 0 Å². The molecule has 1 N–H and O–H groups in total. The highest BCUT2D eigenvalue weighted by atomic mass is 19.2. The number of halogens is 2. The average Bonchev–Trinajstić information content (AvgIpc) is 2.78. The van der Waals surface area contributed by atoms with Crippen molar-refractivity contribution in [2.24, 2.45) is 5.92 Å². The highest BCUT2D eigenvalue weighted by molar-refractivity contribution is 5.96. The first-order valence-electron chi connectivity index (χ1n) is 10.6. The standard InChI is InChI=1S/C26H24F2N2O2/c27-23-12-11-20(15-24(23)28)26(32)30-16-21(17-30)25(31)29-14-13-22(18-7-3-1-4-8-18)19-9-5-2-6-10-19/h1-12,15,21-22H,13-14,16-17H2,(H,29,31). The molecule has 0 unspecified atom stereocenters. The van der Waals surface area contributed by atoms with Crippen molar-refractivity contribution in [3.05, 3.63) is 107 Å². The Bertz CT molecular complexity index is 1040. The number of carbonyl (C=O) groups excluding carboxylic acids is 2. The Morgan fingerprint density at radius 2 is 1.47 bits per heavy atom. The highest BCUT2D eigenvalue weighted by Gasteiger charge is 2.36. The monoisotopic (exact) mass is 434 g/mol. The summed E-state index contributed by atoms with van der Waals surface area (Å²) in [4.78, 5) is 26.4. The van der Waals surface area contributed by atoms with Gasteiger partial charge in [-0.15, -0.1) is 0 Å². The third-order valence-corrected chi connectivity index (χ3v) is 5.84. The predicted molar refractivity (Wildman–Crippen MR) is 118 cm³/mol. The molecular formula is C26H24F2N2O2. The molecule has 1 fully saturated rings. The molecule has 0 aromatic heterocycles. The van der Waals surface area contributed by atoms with E-state index < -0.39 is 17.5 Å². The minimum absolute atomic E-state index is 0.0799. The Morgan fingerprint density at radius 1 is 0.875 bits per heavy atom. The number of amides is 2. The van der Waals surface area contributed by atoms with E-state index >= 15 is 0 Å². The Morgan fingerprint density at radius 3 is 2.03 bits per heavy atom. The van der Waals surface area contributed by atoms with E-state index in [9.17, 15) is 18.4 Å². The lowest BCUT2D eigenvalue weighted by Gasteiger charge is -2.38. The Labute approximate surface area is 185 Å². The van der Waals surface area contributed by atoms with Gasteiger partial charge in [0.25, 0.3) is 5.91 Å². The molecule has 0 bridgehead atoms. The second-order valence-electron chi connectivity index (χ2n) is 7.99. The van der Waals surface area contributed by atoms with Crippen molar-refractivity contribution in [3.63, 3.8) is 0 Å². The third-order valence-electron chi connectivity index (χ3n) is 5.84. The van der Waals surface area contributed by atoms with Crippen LogP contribution in [-0.2, 0) is 4.79 Å². The first-order valence-corrected chi connectivity index (χ1v) is 10.6. The lowest BCUT2D eigenvalue weighted by atomic mass is 9.88. The maximum atomic E-state index is 13.4. The van der Waals surface area contributed by atoms with Gasteiger partial charge >= 0.3 is 0 Å². The van der Waals surface area contributed by atoms with E-state index in [0.29, 0.717) is 6.54 Å². The molecule has 1 aliphatic heterocycles. The van der Waals surface area contributed by atoms with Gasteiger partial charge < -0.3 is 10.2 Å². The van der Waals surface area contributed by atoms with E-state index in [1.807, 2.05) is 36.4 Å². The fourth-order valence-electron chi connectivity index (χ4n) is 4.00. The van der Waals surface area contributed by atoms with E-state index in [1.54, 1.807) is 0 Å². The molecule has 0 aliphatic carbocycles. The summed E-state index contributed by atoms with van der Waals surface area (Å²) in [6.45, 7) is 1.05. The zero-order valence-electron chi connectivity index (χ0n) is 17.5. The molecule has 2 amide bonds. The maximum Gasteiger partial charge on any atom is 0.254 e. The first-order chi connectivity index (χ1) is 15.5. The lowest BCUT2D eigenvalue weighted by Crippen LogP contribution is -2.55. The van der Waals surface area contributed by atoms with E-state index in [4.69, 9.17) is 0 Å². The average molecular weight is 434 g/mol. The number of carbonyl (C=O) groups is 2. The predicted octanol–water partition coefficient (Wildman–Crippen LogP) is 4.38. The highest BCUT2D eigenvalue weighted by Crippen LogP contribution is 2.27. The topological polar surface area (TPSA) is 49.4 Å². The van der Waals surface area contributed by atoms with E-state index in [1.165, 1.54) is 22.1 Å². The summed E-state index contributed by atoms with van der Waals surface area (Å²) in [5, 5.41) is 2.98. The fraction of sp³-hybridized carbons (Fsp3) is 0.231. The van der Waals surface area contributed by atoms with Crippen molar-refractivity contribution in [3.8, 4) is 0 Å². The number of hydrogen-bond acceptors (Lipinski definition) is 2. The Balaban J connectivity index is 1.29. The van der Waals surface area contributed by atoms with Crippen LogP contribution in [0.15, 0.2) is 78.9 Å². The van der Waals surface area contributed by atoms with Crippen LogP contribution in [0.25, 0.3) is 0 Å². The molecule has 32 heavy (non-hydrogen) atoms. The number of benzene rings is 3. The largest absolute Gasteiger partial charge is 0.356 e. The van der Waals surface area contributed by atoms with Crippen LogP contribution in [0.3, 0.4) is 0 Å². The van der Waals surface area contributed by atoms with Gasteiger partial charge in [0, 0.05) is 31.1 Å². The second kappa shape index (κ2) is 9.73. The first kappa shape index (κ1) is 21.7. The van der Waals surface area contributed by atoms with E-state index in [-0.39, 0.29) is 36.4 Å². The zero-order valence-corrected chi connectivity index (χ0v) is 17.5. The minimum atomic E-state index is -1.06. The van der Waals surface area contributed by atoms with Gasteiger partial charge in [-0.25, -0.2) is 8.78 Å².